The number of hydrogen-bond acceptors (Lipinski definition) is 2. The SMILES string of the molecule is CNC(c1ccc(OC(F)F)cc1)c1cccc(Cl)c1Cl. The summed E-state index contributed by atoms with van der Waals surface area (Å²) in [5.74, 6) is 0.112. The molecule has 2 rings (SSSR count). The maximum absolute atomic E-state index is 12.1. The predicted octanol–water partition coefficient (Wildman–Crippen LogP) is 4.90. The lowest BCUT2D eigenvalue weighted by Gasteiger charge is -2.19. The number of benzene rings is 2. The topological polar surface area (TPSA) is 21.3 Å². The zero-order chi connectivity index (χ0) is 15.4. The Balaban J connectivity index is 2.31. The minimum Gasteiger partial charge on any atom is -0.435 e. The van der Waals surface area contributed by atoms with Crippen LogP contribution in [0.4, 0.5) is 8.78 Å². The van der Waals surface area contributed by atoms with Crippen LogP contribution < -0.4 is 10.1 Å². The largest absolute Gasteiger partial charge is 0.435 e. The Morgan fingerprint density at radius 1 is 1.05 bits per heavy atom. The fourth-order valence-electron chi connectivity index (χ4n) is 2.09. The molecule has 112 valence electrons. The van der Waals surface area contributed by atoms with Crippen LogP contribution in [-0.4, -0.2) is 13.7 Å². The molecule has 1 atom stereocenters. The molecule has 0 aliphatic heterocycles. The Bertz CT molecular complexity index is 605. The monoisotopic (exact) mass is 331 g/mol. The van der Waals surface area contributed by atoms with Crippen LogP contribution in [0, 0.1) is 0 Å². The van der Waals surface area contributed by atoms with Crippen LogP contribution in [0.15, 0.2) is 42.5 Å². The van der Waals surface area contributed by atoms with E-state index in [9.17, 15) is 8.78 Å². The molecule has 2 nitrogen and oxygen atoms in total. The second kappa shape index (κ2) is 7.07. The van der Waals surface area contributed by atoms with Gasteiger partial charge in [-0.15, -0.1) is 0 Å². The van der Waals surface area contributed by atoms with E-state index >= 15 is 0 Å². The van der Waals surface area contributed by atoms with Gasteiger partial charge in [-0.25, -0.2) is 0 Å². The Morgan fingerprint density at radius 3 is 2.29 bits per heavy atom. The van der Waals surface area contributed by atoms with Gasteiger partial charge < -0.3 is 10.1 Å². The van der Waals surface area contributed by atoms with Crippen molar-refractivity contribution in [1.29, 1.82) is 0 Å². The first-order valence-electron chi connectivity index (χ1n) is 6.19. The van der Waals surface area contributed by atoms with E-state index in [0.29, 0.717) is 10.0 Å². The third-order valence-electron chi connectivity index (χ3n) is 3.02. The van der Waals surface area contributed by atoms with Gasteiger partial charge >= 0.3 is 6.61 Å². The van der Waals surface area contributed by atoms with E-state index in [1.54, 1.807) is 25.2 Å². The van der Waals surface area contributed by atoms with Gasteiger partial charge in [0.05, 0.1) is 16.1 Å². The molecule has 2 aromatic carbocycles. The van der Waals surface area contributed by atoms with Crippen LogP contribution >= 0.6 is 23.2 Å². The Hall–Kier alpha value is -1.36. The Labute approximate surface area is 131 Å². The average molecular weight is 332 g/mol. The van der Waals surface area contributed by atoms with Crippen molar-refractivity contribution >= 4 is 23.2 Å². The molecular formula is C15H13Cl2F2NO. The van der Waals surface area contributed by atoms with Crippen molar-refractivity contribution in [3.8, 4) is 5.75 Å². The van der Waals surface area contributed by atoms with Crippen molar-refractivity contribution in [3.05, 3.63) is 63.6 Å². The van der Waals surface area contributed by atoms with Crippen LogP contribution in [0.2, 0.25) is 10.0 Å². The third kappa shape index (κ3) is 3.84. The van der Waals surface area contributed by atoms with Crippen molar-refractivity contribution in [3.63, 3.8) is 0 Å². The number of ether oxygens (including phenoxy) is 1. The molecule has 0 saturated heterocycles. The summed E-state index contributed by atoms with van der Waals surface area (Å²) in [6, 6.07) is 11.6. The number of hydrogen-bond donors (Lipinski definition) is 1. The summed E-state index contributed by atoms with van der Waals surface area (Å²) < 4.78 is 28.6. The Kier molecular flexibility index (Phi) is 5.39. The standard InChI is InChI=1S/C15H13Cl2F2NO/c1-20-14(11-3-2-4-12(16)13(11)17)9-5-7-10(8-6-9)21-15(18)19/h2-8,14-15,20H,1H3. The van der Waals surface area contributed by atoms with Crippen LogP contribution in [0.25, 0.3) is 0 Å². The molecule has 0 spiro atoms. The van der Waals surface area contributed by atoms with Gasteiger partial charge in [0.2, 0.25) is 0 Å². The second-order valence-electron chi connectivity index (χ2n) is 4.31. The van der Waals surface area contributed by atoms with E-state index in [0.717, 1.165) is 11.1 Å². The highest BCUT2D eigenvalue weighted by Crippen LogP contribution is 2.33. The molecular weight excluding hydrogens is 319 g/mol. The molecule has 0 fully saturated rings. The van der Waals surface area contributed by atoms with E-state index in [1.165, 1.54) is 12.1 Å². The lowest BCUT2D eigenvalue weighted by molar-refractivity contribution is -0.0498. The van der Waals surface area contributed by atoms with Gasteiger partial charge in [-0.1, -0.05) is 47.5 Å². The number of alkyl halides is 2. The number of halogens is 4. The molecule has 0 bridgehead atoms. The van der Waals surface area contributed by atoms with Gasteiger partial charge in [-0.3, -0.25) is 0 Å². The summed E-state index contributed by atoms with van der Waals surface area (Å²) in [5.41, 5.74) is 1.68. The third-order valence-corrected chi connectivity index (χ3v) is 3.85. The molecule has 1 unspecified atom stereocenters. The predicted molar refractivity (Wildman–Crippen MR) is 80.4 cm³/mol. The lowest BCUT2D eigenvalue weighted by Crippen LogP contribution is -2.18. The molecule has 0 saturated carbocycles. The van der Waals surface area contributed by atoms with E-state index in [4.69, 9.17) is 23.2 Å². The minimum atomic E-state index is -2.83. The van der Waals surface area contributed by atoms with Gasteiger partial charge in [-0.2, -0.15) is 8.78 Å². The fraction of sp³-hybridized carbons (Fsp3) is 0.200. The summed E-state index contributed by atoms with van der Waals surface area (Å²) in [4.78, 5) is 0. The van der Waals surface area contributed by atoms with E-state index in [2.05, 4.69) is 10.1 Å². The van der Waals surface area contributed by atoms with Crippen molar-refractivity contribution in [1.82, 2.24) is 5.32 Å². The molecule has 0 amide bonds. The summed E-state index contributed by atoms with van der Waals surface area (Å²) >= 11 is 12.2. The first kappa shape index (κ1) is 16.0. The molecule has 0 aliphatic rings. The molecule has 2 aromatic rings. The second-order valence-corrected chi connectivity index (χ2v) is 5.10. The van der Waals surface area contributed by atoms with Gasteiger partial charge in [-0.05, 0) is 36.4 Å². The van der Waals surface area contributed by atoms with Crippen molar-refractivity contribution in [2.24, 2.45) is 0 Å². The molecule has 21 heavy (non-hydrogen) atoms. The van der Waals surface area contributed by atoms with E-state index in [1.807, 2.05) is 12.1 Å². The smallest absolute Gasteiger partial charge is 0.387 e. The molecule has 6 heteroatoms. The highest BCUT2D eigenvalue weighted by atomic mass is 35.5. The van der Waals surface area contributed by atoms with Crippen molar-refractivity contribution < 1.29 is 13.5 Å². The molecule has 0 aromatic heterocycles. The van der Waals surface area contributed by atoms with E-state index < -0.39 is 6.61 Å². The van der Waals surface area contributed by atoms with Crippen LogP contribution in [0.1, 0.15) is 17.2 Å². The maximum atomic E-state index is 12.1. The van der Waals surface area contributed by atoms with Crippen LogP contribution in [0.5, 0.6) is 5.75 Å². The number of rotatable bonds is 5. The van der Waals surface area contributed by atoms with Crippen LogP contribution in [0.3, 0.4) is 0 Å². The lowest BCUT2D eigenvalue weighted by atomic mass is 9.99. The number of nitrogens with one attached hydrogen (secondary N) is 1. The maximum Gasteiger partial charge on any atom is 0.387 e. The fourth-order valence-corrected chi connectivity index (χ4v) is 2.50. The van der Waals surface area contributed by atoms with Gasteiger partial charge in [0.1, 0.15) is 5.75 Å². The van der Waals surface area contributed by atoms with E-state index in [-0.39, 0.29) is 11.8 Å². The molecule has 0 heterocycles. The van der Waals surface area contributed by atoms with Gasteiger partial charge in [0.25, 0.3) is 0 Å². The van der Waals surface area contributed by atoms with Gasteiger partial charge in [0, 0.05) is 0 Å². The summed E-state index contributed by atoms with van der Waals surface area (Å²) in [6.45, 7) is -2.83. The molecule has 0 radical (unpaired) electrons. The highest BCUT2D eigenvalue weighted by molar-refractivity contribution is 6.42. The highest BCUT2D eigenvalue weighted by Gasteiger charge is 2.17. The molecule has 1 N–H and O–H groups in total. The Morgan fingerprint density at radius 2 is 1.71 bits per heavy atom. The minimum absolute atomic E-state index is 0.112. The van der Waals surface area contributed by atoms with Crippen molar-refractivity contribution in [2.75, 3.05) is 7.05 Å². The molecule has 0 aliphatic carbocycles. The zero-order valence-electron chi connectivity index (χ0n) is 11.1. The van der Waals surface area contributed by atoms with Crippen molar-refractivity contribution in [2.45, 2.75) is 12.7 Å². The zero-order valence-corrected chi connectivity index (χ0v) is 12.6. The summed E-state index contributed by atoms with van der Waals surface area (Å²) in [7, 11) is 1.78. The van der Waals surface area contributed by atoms with Crippen LogP contribution in [-0.2, 0) is 0 Å². The first-order chi connectivity index (χ1) is 10.0. The summed E-state index contributed by atoms with van der Waals surface area (Å²) in [5, 5.41) is 4.06. The first-order valence-corrected chi connectivity index (χ1v) is 6.94. The van der Waals surface area contributed by atoms with Gasteiger partial charge in [0.15, 0.2) is 0 Å². The average Bonchev–Trinajstić information content (AvgIpc) is 2.45. The quantitative estimate of drug-likeness (QED) is 0.840. The summed E-state index contributed by atoms with van der Waals surface area (Å²) in [6.07, 6.45) is 0. The normalized spacial score (nSPS) is 12.5.